The van der Waals surface area contributed by atoms with Gasteiger partial charge >= 0.3 is 0 Å². The zero-order chi connectivity index (χ0) is 12.1. The van der Waals surface area contributed by atoms with Crippen LogP contribution >= 0.6 is 35.3 Å². The van der Waals surface area contributed by atoms with Crippen LogP contribution in [0.15, 0.2) is 17.5 Å². The number of hydrogen-bond acceptors (Lipinski definition) is 5. The predicted octanol–water partition coefficient (Wildman–Crippen LogP) is 1.34. The normalized spacial score (nSPS) is 12.1. The minimum Gasteiger partial charge on any atom is -0.549 e. The molecule has 1 aromatic rings. The molecule has 0 aromatic carbocycles. The Kier molecular flexibility index (Phi) is 5.24. The van der Waals surface area contributed by atoms with Crippen molar-refractivity contribution < 1.29 is 9.90 Å². The second-order valence-electron chi connectivity index (χ2n) is 3.28. The number of aliphatic carboxylic acids is 1. The molecule has 1 heterocycles. The largest absolute Gasteiger partial charge is 0.549 e. The molecule has 16 heavy (non-hydrogen) atoms. The van der Waals surface area contributed by atoms with Gasteiger partial charge in [-0.05, 0) is 18.4 Å². The quantitative estimate of drug-likeness (QED) is 0.775. The number of hydrogen-bond donors (Lipinski definition) is 0. The third kappa shape index (κ3) is 4.11. The summed E-state index contributed by atoms with van der Waals surface area (Å²) in [5.41, 5.74) is 0. The van der Waals surface area contributed by atoms with Gasteiger partial charge in [-0.2, -0.15) is 0 Å². The van der Waals surface area contributed by atoms with Gasteiger partial charge in [0.2, 0.25) is 0 Å². The zero-order valence-corrected chi connectivity index (χ0v) is 11.5. The first kappa shape index (κ1) is 13.5. The molecule has 0 unspecified atom stereocenters. The van der Waals surface area contributed by atoms with Crippen LogP contribution in [0.2, 0.25) is 0 Å². The molecule has 0 aliphatic carbocycles. The highest BCUT2D eigenvalue weighted by atomic mass is 32.2. The molecular weight excluding hydrogens is 262 g/mol. The van der Waals surface area contributed by atoms with Crippen molar-refractivity contribution >= 4 is 45.6 Å². The Morgan fingerprint density at radius 2 is 2.44 bits per heavy atom. The Bertz CT molecular complexity index is 364. The summed E-state index contributed by atoms with van der Waals surface area (Å²) in [5.74, 6) is -1.09. The summed E-state index contributed by atoms with van der Waals surface area (Å²) in [6.07, 6.45) is 0. The van der Waals surface area contributed by atoms with Gasteiger partial charge < -0.3 is 14.8 Å². The van der Waals surface area contributed by atoms with E-state index in [-0.39, 0.29) is 0 Å². The van der Waals surface area contributed by atoms with Crippen LogP contribution in [0, 0.1) is 0 Å². The number of nitrogens with zero attached hydrogens (tertiary/aromatic N) is 1. The van der Waals surface area contributed by atoms with Gasteiger partial charge in [0.05, 0.1) is 12.5 Å². The first-order valence-electron chi connectivity index (χ1n) is 4.65. The fraction of sp³-hybridized carbons (Fsp3) is 0.400. The summed E-state index contributed by atoms with van der Waals surface area (Å²) < 4.78 is 0.574. The van der Waals surface area contributed by atoms with Gasteiger partial charge in [0.1, 0.15) is 4.32 Å². The Labute approximate surface area is 108 Å². The van der Waals surface area contributed by atoms with Crippen molar-refractivity contribution in [3.8, 4) is 0 Å². The summed E-state index contributed by atoms with van der Waals surface area (Å²) in [7, 11) is 1.86. The zero-order valence-electron chi connectivity index (χ0n) is 9.00. The van der Waals surface area contributed by atoms with Gasteiger partial charge in [0.15, 0.2) is 0 Å². The van der Waals surface area contributed by atoms with E-state index in [9.17, 15) is 9.90 Å². The summed E-state index contributed by atoms with van der Waals surface area (Å²) >= 11 is 7.94. The maximum absolute atomic E-state index is 10.6. The molecule has 0 aliphatic rings. The maximum atomic E-state index is 10.6. The van der Waals surface area contributed by atoms with Gasteiger partial charge in [-0.15, -0.1) is 11.3 Å². The average molecular weight is 274 g/mol. The number of carboxylic acids is 1. The lowest BCUT2D eigenvalue weighted by Crippen LogP contribution is -2.34. The Hall–Kier alpha value is -0.590. The number of carbonyl (C=O) groups is 1. The Morgan fingerprint density at radius 1 is 1.75 bits per heavy atom. The molecular formula is C10H12NO2S3-. The van der Waals surface area contributed by atoms with Crippen LogP contribution in [-0.2, 0) is 11.3 Å². The number of carbonyl (C=O) groups excluding carboxylic acids is 1. The molecule has 0 aliphatic heterocycles. The lowest BCUT2D eigenvalue weighted by molar-refractivity contribution is -0.304. The van der Waals surface area contributed by atoms with Gasteiger partial charge in [-0.3, -0.25) is 0 Å². The van der Waals surface area contributed by atoms with Crippen LogP contribution in [0.5, 0.6) is 0 Å². The third-order valence-electron chi connectivity index (χ3n) is 1.89. The number of carboxylic acid groups (broad SMARTS) is 1. The summed E-state index contributed by atoms with van der Waals surface area (Å²) in [6.45, 7) is 2.29. The van der Waals surface area contributed by atoms with Gasteiger partial charge in [0, 0.05) is 17.2 Å². The minimum absolute atomic E-state index is 0.574. The highest BCUT2D eigenvalue weighted by Crippen LogP contribution is 2.18. The number of rotatable bonds is 4. The Morgan fingerprint density at radius 3 is 2.94 bits per heavy atom. The second kappa shape index (κ2) is 6.22. The minimum atomic E-state index is -1.09. The van der Waals surface area contributed by atoms with E-state index < -0.39 is 11.2 Å². The average Bonchev–Trinajstić information content (AvgIpc) is 2.69. The molecule has 0 fully saturated rings. The molecule has 0 radical (unpaired) electrons. The lowest BCUT2D eigenvalue weighted by Gasteiger charge is -2.21. The van der Waals surface area contributed by atoms with Gasteiger partial charge in [0.25, 0.3) is 0 Å². The highest BCUT2D eigenvalue weighted by Gasteiger charge is 2.11. The fourth-order valence-corrected chi connectivity index (χ4v) is 2.89. The summed E-state index contributed by atoms with van der Waals surface area (Å²) in [5, 5.41) is 12.0. The highest BCUT2D eigenvalue weighted by molar-refractivity contribution is 8.23. The number of thiophene rings is 1. The Balaban J connectivity index is 2.45. The van der Waals surface area contributed by atoms with Crippen molar-refractivity contribution in [2.45, 2.75) is 18.7 Å². The monoisotopic (exact) mass is 274 g/mol. The fourth-order valence-electron chi connectivity index (χ4n) is 0.990. The first-order chi connectivity index (χ1) is 7.50. The molecule has 0 bridgehead atoms. The van der Waals surface area contributed by atoms with Crippen molar-refractivity contribution in [1.29, 1.82) is 0 Å². The van der Waals surface area contributed by atoms with Crippen molar-refractivity contribution in [3.05, 3.63) is 22.4 Å². The standard InChI is InChI=1S/C10H13NO2S3/c1-7(9(12)13)16-10(14)11(2)6-8-4-3-5-15-8/h3-5,7H,6H2,1-2H3,(H,12,13)/p-1/t7-/m1/s1. The van der Waals surface area contributed by atoms with Gasteiger partial charge in [-0.25, -0.2) is 0 Å². The van der Waals surface area contributed by atoms with E-state index >= 15 is 0 Å². The molecule has 3 nitrogen and oxygen atoms in total. The molecule has 6 heteroatoms. The summed E-state index contributed by atoms with van der Waals surface area (Å²) in [6, 6.07) is 4.00. The van der Waals surface area contributed by atoms with Crippen molar-refractivity contribution in [1.82, 2.24) is 4.90 Å². The van der Waals surface area contributed by atoms with Crippen LogP contribution in [0.25, 0.3) is 0 Å². The van der Waals surface area contributed by atoms with E-state index in [2.05, 4.69) is 0 Å². The van der Waals surface area contributed by atoms with E-state index in [1.807, 2.05) is 29.5 Å². The molecule has 0 N–H and O–H groups in total. The molecule has 0 saturated heterocycles. The number of thiocarbonyl (C=S) groups is 1. The van der Waals surface area contributed by atoms with E-state index in [4.69, 9.17) is 12.2 Å². The van der Waals surface area contributed by atoms with E-state index in [1.165, 1.54) is 4.88 Å². The molecule has 1 rings (SSSR count). The van der Waals surface area contributed by atoms with Crippen LogP contribution in [0.4, 0.5) is 0 Å². The molecule has 1 atom stereocenters. The topological polar surface area (TPSA) is 43.4 Å². The molecule has 0 saturated carbocycles. The predicted molar refractivity (Wildman–Crippen MR) is 70.4 cm³/mol. The molecule has 1 aromatic heterocycles. The molecule has 0 spiro atoms. The van der Waals surface area contributed by atoms with Crippen LogP contribution in [0.1, 0.15) is 11.8 Å². The van der Waals surface area contributed by atoms with Crippen molar-refractivity contribution in [2.24, 2.45) is 0 Å². The molecule has 88 valence electrons. The van der Waals surface area contributed by atoms with Crippen molar-refractivity contribution in [3.63, 3.8) is 0 Å². The first-order valence-corrected chi connectivity index (χ1v) is 6.82. The molecule has 0 amide bonds. The van der Waals surface area contributed by atoms with E-state index in [0.717, 1.165) is 11.8 Å². The maximum Gasteiger partial charge on any atom is 0.137 e. The summed E-state index contributed by atoms with van der Waals surface area (Å²) in [4.78, 5) is 13.6. The smallest absolute Gasteiger partial charge is 0.137 e. The van der Waals surface area contributed by atoms with Gasteiger partial charge in [-0.1, -0.05) is 30.0 Å². The number of thioether (sulfide) groups is 1. The lowest BCUT2D eigenvalue weighted by atomic mass is 10.4. The van der Waals surface area contributed by atoms with E-state index in [0.29, 0.717) is 10.9 Å². The van der Waals surface area contributed by atoms with Crippen LogP contribution < -0.4 is 5.11 Å². The second-order valence-corrected chi connectivity index (χ2v) is 6.29. The van der Waals surface area contributed by atoms with Crippen molar-refractivity contribution in [2.75, 3.05) is 7.05 Å². The van der Waals surface area contributed by atoms with Crippen LogP contribution in [0.3, 0.4) is 0 Å². The SMILES string of the molecule is C[C@@H](SC(=S)N(C)Cc1cccs1)C(=O)[O-]. The van der Waals surface area contributed by atoms with Crippen LogP contribution in [-0.4, -0.2) is 27.5 Å². The van der Waals surface area contributed by atoms with E-state index in [1.54, 1.807) is 18.3 Å². The third-order valence-corrected chi connectivity index (χ3v) is 4.42.